The van der Waals surface area contributed by atoms with Crippen molar-refractivity contribution >= 4 is 17.6 Å². The van der Waals surface area contributed by atoms with Crippen LogP contribution >= 0.6 is 0 Å². The van der Waals surface area contributed by atoms with E-state index in [-0.39, 0.29) is 18.0 Å². The van der Waals surface area contributed by atoms with Gasteiger partial charge in [-0.1, -0.05) is 60.7 Å². The van der Waals surface area contributed by atoms with Gasteiger partial charge in [0.25, 0.3) is 5.91 Å². The Hall–Kier alpha value is -3.68. The monoisotopic (exact) mass is 485 g/mol. The largest absolute Gasteiger partial charge is 0.497 e. The summed E-state index contributed by atoms with van der Waals surface area (Å²) in [5, 5.41) is 1.85. The first-order valence-electron chi connectivity index (χ1n) is 12.3. The summed E-state index contributed by atoms with van der Waals surface area (Å²) in [6.45, 7) is 5.99. The molecule has 0 N–H and O–H groups in total. The van der Waals surface area contributed by atoms with E-state index in [1.807, 2.05) is 98.6 Å². The second-order valence-corrected chi connectivity index (χ2v) is 9.54. The maximum absolute atomic E-state index is 14.2. The molecule has 0 saturated carbocycles. The fraction of sp³-hybridized carbons (Fsp3) is 0.310. The number of carbonyl (C=O) groups is 2. The zero-order valence-electron chi connectivity index (χ0n) is 21.0. The number of methoxy groups -OCH3 is 1. The van der Waals surface area contributed by atoms with Gasteiger partial charge >= 0.3 is 6.03 Å². The number of urea groups is 1. The molecule has 0 aromatic heterocycles. The molecule has 2 aliphatic rings. The quantitative estimate of drug-likeness (QED) is 0.419. The van der Waals surface area contributed by atoms with E-state index in [9.17, 15) is 9.59 Å². The minimum Gasteiger partial charge on any atom is -0.497 e. The third kappa shape index (κ3) is 3.85. The number of amides is 3. The number of hydrogen-bond acceptors (Lipinski definition) is 5. The number of benzene rings is 3. The first kappa shape index (κ1) is 24.0. The summed E-state index contributed by atoms with van der Waals surface area (Å²) in [6.07, 6.45) is 0.295. The van der Waals surface area contributed by atoms with Crippen molar-refractivity contribution in [3.63, 3.8) is 0 Å². The van der Waals surface area contributed by atoms with Crippen molar-refractivity contribution in [2.75, 3.05) is 12.0 Å². The van der Waals surface area contributed by atoms with E-state index in [0.29, 0.717) is 12.1 Å². The number of imide groups is 1. The molecule has 3 amide bonds. The summed E-state index contributed by atoms with van der Waals surface area (Å²) >= 11 is 0. The first-order chi connectivity index (χ1) is 17.4. The molecule has 186 valence electrons. The average molecular weight is 486 g/mol. The minimum absolute atomic E-state index is 0.0388. The van der Waals surface area contributed by atoms with Gasteiger partial charge in [0.1, 0.15) is 5.75 Å². The highest BCUT2D eigenvalue weighted by Gasteiger charge is 2.66. The zero-order chi connectivity index (χ0) is 25.4. The molecule has 5 rings (SSSR count). The molecule has 7 heteroatoms. The fourth-order valence-corrected chi connectivity index (χ4v) is 5.27. The molecule has 3 aromatic rings. The molecule has 0 aliphatic carbocycles. The fourth-order valence-electron chi connectivity index (χ4n) is 5.27. The van der Waals surface area contributed by atoms with E-state index in [1.54, 1.807) is 24.1 Å². The van der Waals surface area contributed by atoms with Crippen LogP contribution in [0, 0.1) is 0 Å². The Morgan fingerprint density at radius 2 is 1.58 bits per heavy atom. The van der Waals surface area contributed by atoms with Crippen molar-refractivity contribution in [2.24, 2.45) is 0 Å². The van der Waals surface area contributed by atoms with Crippen LogP contribution in [0.1, 0.15) is 50.4 Å². The summed E-state index contributed by atoms with van der Waals surface area (Å²) in [7, 11) is 1.63. The third-order valence-electron chi connectivity index (χ3n) is 7.03. The smallest absolute Gasteiger partial charge is 0.334 e. The maximum Gasteiger partial charge on any atom is 0.334 e. The normalized spacial score (nSPS) is 23.2. The predicted molar refractivity (Wildman–Crippen MR) is 137 cm³/mol. The van der Waals surface area contributed by atoms with Crippen molar-refractivity contribution in [3.8, 4) is 5.75 Å². The Labute approximate surface area is 211 Å². The lowest BCUT2D eigenvalue weighted by molar-refractivity contribution is -0.249. The zero-order valence-corrected chi connectivity index (χ0v) is 21.0. The number of para-hydroxylation sites is 1. The van der Waals surface area contributed by atoms with E-state index in [4.69, 9.17) is 9.57 Å². The Balaban J connectivity index is 1.64. The van der Waals surface area contributed by atoms with E-state index in [0.717, 1.165) is 16.9 Å². The molecule has 3 atom stereocenters. The number of carbonyl (C=O) groups excluding carboxylic acids is 2. The van der Waals surface area contributed by atoms with Crippen molar-refractivity contribution in [1.29, 1.82) is 0 Å². The van der Waals surface area contributed by atoms with Crippen LogP contribution < -0.4 is 9.64 Å². The van der Waals surface area contributed by atoms with Gasteiger partial charge in [-0.05, 0) is 56.2 Å². The lowest BCUT2D eigenvalue weighted by atomic mass is 9.94. The van der Waals surface area contributed by atoms with Crippen molar-refractivity contribution in [3.05, 3.63) is 96.1 Å². The highest BCUT2D eigenvalue weighted by atomic mass is 16.7. The van der Waals surface area contributed by atoms with E-state index in [1.165, 1.54) is 4.90 Å². The summed E-state index contributed by atoms with van der Waals surface area (Å²) in [4.78, 5) is 37.7. The van der Waals surface area contributed by atoms with Crippen LogP contribution in [0.25, 0.3) is 0 Å². The Morgan fingerprint density at radius 3 is 2.22 bits per heavy atom. The molecule has 36 heavy (non-hydrogen) atoms. The van der Waals surface area contributed by atoms with Gasteiger partial charge in [-0.2, -0.15) is 5.06 Å². The lowest BCUT2D eigenvalue weighted by Gasteiger charge is -2.35. The second kappa shape index (κ2) is 9.41. The summed E-state index contributed by atoms with van der Waals surface area (Å²) in [5.74, 6) is 0.351. The van der Waals surface area contributed by atoms with Crippen molar-refractivity contribution < 1.29 is 19.2 Å². The molecular formula is C29H31N3O4. The lowest BCUT2D eigenvalue weighted by Crippen LogP contribution is -2.51. The molecule has 2 aliphatic heterocycles. The maximum atomic E-state index is 14.2. The van der Waals surface area contributed by atoms with Gasteiger partial charge in [-0.3, -0.25) is 14.5 Å². The second-order valence-electron chi connectivity index (χ2n) is 9.54. The van der Waals surface area contributed by atoms with Crippen LogP contribution in [0.15, 0.2) is 84.9 Å². The highest BCUT2D eigenvalue weighted by molar-refractivity contribution is 6.22. The topological polar surface area (TPSA) is 62.3 Å². The summed E-state index contributed by atoms with van der Waals surface area (Å²) in [5.41, 5.74) is 0.933. The molecule has 2 heterocycles. The molecule has 0 radical (unpaired) electrons. The number of anilines is 1. The number of nitrogens with zero attached hydrogens (tertiary/aromatic N) is 3. The molecule has 2 unspecified atom stereocenters. The molecule has 3 aromatic carbocycles. The third-order valence-corrected chi connectivity index (χ3v) is 7.03. The van der Waals surface area contributed by atoms with Gasteiger partial charge in [-0.25, -0.2) is 9.69 Å². The molecular weight excluding hydrogens is 454 g/mol. The SMILES string of the molecule is COc1cccc(C2CC3(ON2C(C)C)C(=O)N(c2ccccc2)C(=O)N3[C@@H](C)c2ccccc2)c1. The summed E-state index contributed by atoms with van der Waals surface area (Å²) in [6, 6.07) is 25.5. The Morgan fingerprint density at radius 1 is 0.917 bits per heavy atom. The van der Waals surface area contributed by atoms with Gasteiger partial charge < -0.3 is 4.74 Å². The van der Waals surface area contributed by atoms with Gasteiger partial charge in [0, 0.05) is 12.5 Å². The standard InChI is InChI=1S/C29H31N3O4/c1-20(2)32-26(23-14-11-17-25(18-23)35-4)19-29(36-32)27(33)30(24-15-9-6-10-16-24)28(34)31(29)21(3)22-12-7-5-8-13-22/h5-18,20-21,26H,19H2,1-4H3/t21-,26?,29?/m0/s1. The number of ether oxygens (including phenoxy) is 1. The van der Waals surface area contributed by atoms with Gasteiger partial charge in [0.2, 0.25) is 5.72 Å². The van der Waals surface area contributed by atoms with Crippen molar-refractivity contribution in [2.45, 2.75) is 51.0 Å². The van der Waals surface area contributed by atoms with Gasteiger partial charge in [0.15, 0.2) is 0 Å². The molecule has 0 bridgehead atoms. The van der Waals surface area contributed by atoms with Gasteiger partial charge in [-0.15, -0.1) is 0 Å². The number of rotatable bonds is 6. The molecule has 1 spiro atoms. The predicted octanol–water partition coefficient (Wildman–Crippen LogP) is 5.71. The van der Waals surface area contributed by atoms with Crippen LogP contribution in [0.5, 0.6) is 5.75 Å². The highest BCUT2D eigenvalue weighted by Crippen LogP contribution is 2.51. The number of hydrogen-bond donors (Lipinski definition) is 0. The molecule has 7 nitrogen and oxygen atoms in total. The van der Waals surface area contributed by atoms with Crippen LogP contribution in [0.3, 0.4) is 0 Å². The van der Waals surface area contributed by atoms with Crippen LogP contribution in [-0.2, 0) is 9.63 Å². The molecule has 2 saturated heterocycles. The van der Waals surface area contributed by atoms with Crippen LogP contribution in [0.4, 0.5) is 10.5 Å². The van der Waals surface area contributed by atoms with Crippen molar-refractivity contribution in [1.82, 2.24) is 9.96 Å². The Kier molecular flexibility index (Phi) is 6.28. The van der Waals surface area contributed by atoms with E-state index >= 15 is 0 Å². The molecule has 2 fully saturated rings. The average Bonchev–Trinajstić information content (AvgIpc) is 3.40. The summed E-state index contributed by atoms with van der Waals surface area (Å²) < 4.78 is 5.46. The van der Waals surface area contributed by atoms with Crippen LogP contribution in [-0.4, -0.2) is 40.8 Å². The number of hydroxylamine groups is 2. The van der Waals surface area contributed by atoms with E-state index < -0.39 is 17.8 Å². The van der Waals surface area contributed by atoms with Gasteiger partial charge in [0.05, 0.1) is 24.9 Å². The van der Waals surface area contributed by atoms with Crippen LogP contribution in [0.2, 0.25) is 0 Å². The first-order valence-corrected chi connectivity index (χ1v) is 12.3. The Bertz CT molecular complexity index is 1250. The minimum atomic E-state index is -1.49. The van der Waals surface area contributed by atoms with E-state index in [2.05, 4.69) is 0 Å².